The van der Waals surface area contributed by atoms with Crippen LogP contribution in [0.25, 0.3) is 0 Å². The van der Waals surface area contributed by atoms with Crippen LogP contribution in [0.3, 0.4) is 0 Å². The molecular weight excluding hydrogens is 272 g/mol. The predicted molar refractivity (Wildman–Crippen MR) is 97.6 cm³/mol. The van der Waals surface area contributed by atoms with Crippen LogP contribution in [-0.2, 0) is 9.47 Å². The largest absolute Gasteiger partial charge is 0.381 e. The van der Waals surface area contributed by atoms with Gasteiger partial charge >= 0.3 is 0 Å². The summed E-state index contributed by atoms with van der Waals surface area (Å²) in [6, 6.07) is 0. The minimum atomic E-state index is 0.347. The molecule has 0 aliphatic heterocycles. The summed E-state index contributed by atoms with van der Waals surface area (Å²) < 4.78 is 11.5. The maximum absolute atomic E-state index is 5.84. The molecule has 0 aliphatic rings. The molecular formula is C20H42O2. The summed E-state index contributed by atoms with van der Waals surface area (Å²) in [6.45, 7) is 9.40. The van der Waals surface area contributed by atoms with Gasteiger partial charge in [-0.3, -0.25) is 0 Å². The monoisotopic (exact) mass is 314 g/mol. The van der Waals surface area contributed by atoms with Crippen LogP contribution in [0.5, 0.6) is 0 Å². The normalized spacial score (nSPS) is 12.7. The van der Waals surface area contributed by atoms with Gasteiger partial charge in [0.05, 0.1) is 6.10 Å². The van der Waals surface area contributed by atoms with Crippen LogP contribution >= 0.6 is 0 Å². The lowest BCUT2D eigenvalue weighted by molar-refractivity contribution is 0.0291. The van der Waals surface area contributed by atoms with Crippen molar-refractivity contribution in [2.75, 3.05) is 19.8 Å². The lowest BCUT2D eigenvalue weighted by atomic mass is 10.1. The summed E-state index contributed by atoms with van der Waals surface area (Å²) in [4.78, 5) is 0. The molecule has 0 saturated carbocycles. The zero-order valence-corrected chi connectivity index (χ0v) is 15.7. The van der Waals surface area contributed by atoms with E-state index in [0.29, 0.717) is 6.10 Å². The summed E-state index contributed by atoms with van der Waals surface area (Å²) >= 11 is 0. The Hall–Kier alpha value is -0.0800. The van der Waals surface area contributed by atoms with Gasteiger partial charge in [-0.05, 0) is 26.2 Å². The summed E-state index contributed by atoms with van der Waals surface area (Å²) in [6.07, 6.45) is 17.4. The van der Waals surface area contributed by atoms with E-state index in [1.165, 1.54) is 77.0 Å². The molecule has 1 atom stereocenters. The van der Waals surface area contributed by atoms with Crippen molar-refractivity contribution in [2.24, 2.45) is 0 Å². The van der Waals surface area contributed by atoms with Gasteiger partial charge in [0.15, 0.2) is 0 Å². The second-order valence-electron chi connectivity index (χ2n) is 6.62. The molecule has 0 amide bonds. The smallest absolute Gasteiger partial charge is 0.0568 e. The van der Waals surface area contributed by atoms with Gasteiger partial charge in [0.2, 0.25) is 0 Å². The third-order valence-electron chi connectivity index (χ3n) is 4.21. The SMILES string of the molecule is CCCCCCCCOCCC(C)OCCCCCCCC. The third kappa shape index (κ3) is 18.0. The molecule has 2 nitrogen and oxygen atoms in total. The van der Waals surface area contributed by atoms with Gasteiger partial charge in [-0.15, -0.1) is 0 Å². The maximum atomic E-state index is 5.84. The fraction of sp³-hybridized carbons (Fsp3) is 1.00. The minimum absolute atomic E-state index is 0.347. The maximum Gasteiger partial charge on any atom is 0.0568 e. The van der Waals surface area contributed by atoms with Crippen LogP contribution in [0.2, 0.25) is 0 Å². The Morgan fingerprint density at radius 2 is 1.09 bits per heavy atom. The van der Waals surface area contributed by atoms with E-state index in [1.54, 1.807) is 0 Å². The Bertz CT molecular complexity index is 194. The summed E-state index contributed by atoms with van der Waals surface area (Å²) in [7, 11) is 0. The van der Waals surface area contributed by atoms with Crippen LogP contribution < -0.4 is 0 Å². The Morgan fingerprint density at radius 3 is 1.68 bits per heavy atom. The Morgan fingerprint density at radius 1 is 0.591 bits per heavy atom. The van der Waals surface area contributed by atoms with E-state index in [-0.39, 0.29) is 0 Å². The van der Waals surface area contributed by atoms with E-state index in [0.717, 1.165) is 26.2 Å². The van der Waals surface area contributed by atoms with Crippen molar-refractivity contribution in [3.8, 4) is 0 Å². The Labute approximate surface area is 140 Å². The quantitative estimate of drug-likeness (QED) is 0.268. The third-order valence-corrected chi connectivity index (χ3v) is 4.21. The van der Waals surface area contributed by atoms with Crippen LogP contribution in [0.1, 0.15) is 104 Å². The highest BCUT2D eigenvalue weighted by molar-refractivity contribution is 4.51. The van der Waals surface area contributed by atoms with Crippen LogP contribution in [-0.4, -0.2) is 25.9 Å². The number of hydrogen-bond donors (Lipinski definition) is 0. The molecule has 0 aromatic heterocycles. The molecule has 0 spiro atoms. The molecule has 0 rings (SSSR count). The van der Waals surface area contributed by atoms with Gasteiger partial charge in [0.25, 0.3) is 0 Å². The highest BCUT2D eigenvalue weighted by atomic mass is 16.5. The molecule has 134 valence electrons. The van der Waals surface area contributed by atoms with Gasteiger partial charge in [0.1, 0.15) is 0 Å². The van der Waals surface area contributed by atoms with Crippen LogP contribution in [0.15, 0.2) is 0 Å². The van der Waals surface area contributed by atoms with Crippen molar-refractivity contribution in [3.63, 3.8) is 0 Å². The van der Waals surface area contributed by atoms with E-state index < -0.39 is 0 Å². The van der Waals surface area contributed by atoms with Crippen molar-refractivity contribution in [3.05, 3.63) is 0 Å². The van der Waals surface area contributed by atoms with Crippen molar-refractivity contribution < 1.29 is 9.47 Å². The van der Waals surface area contributed by atoms with Gasteiger partial charge in [-0.1, -0.05) is 78.1 Å². The molecule has 0 fully saturated rings. The second-order valence-corrected chi connectivity index (χ2v) is 6.62. The van der Waals surface area contributed by atoms with Crippen molar-refractivity contribution in [1.82, 2.24) is 0 Å². The zero-order valence-electron chi connectivity index (χ0n) is 15.7. The summed E-state index contributed by atoms with van der Waals surface area (Å²) in [5.74, 6) is 0. The summed E-state index contributed by atoms with van der Waals surface area (Å²) in [5, 5.41) is 0. The molecule has 1 unspecified atom stereocenters. The number of rotatable bonds is 18. The van der Waals surface area contributed by atoms with Gasteiger partial charge < -0.3 is 9.47 Å². The van der Waals surface area contributed by atoms with E-state index in [1.807, 2.05) is 0 Å². The fourth-order valence-corrected chi connectivity index (χ4v) is 2.59. The Balaban J connectivity index is 3.11. The van der Waals surface area contributed by atoms with Gasteiger partial charge in [0, 0.05) is 19.8 Å². The van der Waals surface area contributed by atoms with Gasteiger partial charge in [-0.2, -0.15) is 0 Å². The Kier molecular flexibility index (Phi) is 18.9. The molecule has 0 heterocycles. The van der Waals surface area contributed by atoms with E-state index in [2.05, 4.69) is 20.8 Å². The summed E-state index contributed by atoms with van der Waals surface area (Å²) in [5.41, 5.74) is 0. The predicted octanol–water partition coefficient (Wildman–Crippen LogP) is 6.52. The number of unbranched alkanes of at least 4 members (excludes halogenated alkanes) is 10. The molecule has 0 aromatic carbocycles. The highest BCUT2D eigenvalue weighted by Gasteiger charge is 2.02. The zero-order chi connectivity index (χ0) is 16.3. The average Bonchev–Trinajstić information content (AvgIpc) is 2.52. The first-order chi connectivity index (χ1) is 10.8. The van der Waals surface area contributed by atoms with Crippen molar-refractivity contribution >= 4 is 0 Å². The molecule has 22 heavy (non-hydrogen) atoms. The first-order valence-electron chi connectivity index (χ1n) is 10.0. The topological polar surface area (TPSA) is 18.5 Å². The minimum Gasteiger partial charge on any atom is -0.381 e. The fourth-order valence-electron chi connectivity index (χ4n) is 2.59. The standard InChI is InChI=1S/C20H42O2/c1-4-6-8-10-12-14-17-21-19-16-20(3)22-18-15-13-11-9-7-5-2/h20H,4-19H2,1-3H3. The van der Waals surface area contributed by atoms with E-state index in [9.17, 15) is 0 Å². The van der Waals surface area contributed by atoms with Crippen LogP contribution in [0.4, 0.5) is 0 Å². The molecule has 0 saturated heterocycles. The van der Waals surface area contributed by atoms with Crippen molar-refractivity contribution in [2.45, 2.75) is 110 Å². The van der Waals surface area contributed by atoms with Crippen molar-refractivity contribution in [1.29, 1.82) is 0 Å². The number of hydrogen-bond acceptors (Lipinski definition) is 2. The average molecular weight is 315 g/mol. The van der Waals surface area contributed by atoms with E-state index in [4.69, 9.17) is 9.47 Å². The molecule has 2 heteroatoms. The first-order valence-corrected chi connectivity index (χ1v) is 10.0. The molecule has 0 radical (unpaired) electrons. The molecule has 0 N–H and O–H groups in total. The van der Waals surface area contributed by atoms with E-state index >= 15 is 0 Å². The highest BCUT2D eigenvalue weighted by Crippen LogP contribution is 2.07. The first kappa shape index (κ1) is 21.9. The molecule has 0 bridgehead atoms. The lowest BCUT2D eigenvalue weighted by Crippen LogP contribution is -2.12. The lowest BCUT2D eigenvalue weighted by Gasteiger charge is -2.13. The molecule has 0 aliphatic carbocycles. The second kappa shape index (κ2) is 19.0. The number of ether oxygens (including phenoxy) is 2. The molecule has 0 aromatic rings. The van der Waals surface area contributed by atoms with Gasteiger partial charge in [-0.25, -0.2) is 0 Å². The van der Waals surface area contributed by atoms with Crippen LogP contribution in [0, 0.1) is 0 Å².